The van der Waals surface area contributed by atoms with Gasteiger partial charge in [-0.25, -0.2) is 13.1 Å². The van der Waals surface area contributed by atoms with Gasteiger partial charge in [-0.2, -0.15) is 0 Å². The number of halogens is 2. The first-order valence-electron chi connectivity index (χ1n) is 9.44. The fourth-order valence-corrected chi connectivity index (χ4v) is 5.44. The van der Waals surface area contributed by atoms with Gasteiger partial charge in [0, 0.05) is 6.54 Å². The molecular formula is C21H23Cl2NO4S. The van der Waals surface area contributed by atoms with E-state index in [-0.39, 0.29) is 21.8 Å². The molecule has 3 rings (SSSR count). The highest BCUT2D eigenvalue weighted by atomic mass is 35.5. The van der Waals surface area contributed by atoms with Crippen LogP contribution in [0.15, 0.2) is 47.4 Å². The van der Waals surface area contributed by atoms with Crippen LogP contribution in [-0.2, 0) is 27.7 Å². The lowest BCUT2D eigenvalue weighted by Crippen LogP contribution is -2.37. The zero-order chi connectivity index (χ0) is 21.1. The summed E-state index contributed by atoms with van der Waals surface area (Å²) in [6.07, 6.45) is 4.73. The van der Waals surface area contributed by atoms with Crippen LogP contribution in [0.3, 0.4) is 0 Å². The summed E-state index contributed by atoms with van der Waals surface area (Å²) in [6.45, 7) is 0.340. The van der Waals surface area contributed by atoms with Gasteiger partial charge in [-0.05, 0) is 54.0 Å². The highest BCUT2D eigenvalue weighted by Crippen LogP contribution is 2.41. The van der Waals surface area contributed by atoms with Crippen molar-refractivity contribution in [2.45, 2.75) is 43.4 Å². The standard InChI is InChI=1S/C21H23Cl2NO4S/c22-18-8-7-17(12-19(18)23)29(27,28)24-14-21(9-1-2-10-21)13-16-5-3-15(4-6-16)11-20(25)26/h3-8,12,24H,1-2,9-11,13-14H2,(H,25,26). The smallest absolute Gasteiger partial charge is 0.307 e. The molecular weight excluding hydrogens is 433 g/mol. The molecule has 5 nitrogen and oxygen atoms in total. The van der Waals surface area contributed by atoms with Gasteiger partial charge in [-0.3, -0.25) is 4.79 Å². The molecule has 8 heteroatoms. The molecule has 1 aliphatic carbocycles. The Hall–Kier alpha value is -1.60. The van der Waals surface area contributed by atoms with Gasteiger partial charge in [0.2, 0.25) is 10.0 Å². The monoisotopic (exact) mass is 455 g/mol. The van der Waals surface area contributed by atoms with Gasteiger partial charge < -0.3 is 5.11 Å². The molecule has 0 spiro atoms. The molecule has 0 heterocycles. The maximum atomic E-state index is 12.7. The molecule has 0 amide bonds. The largest absolute Gasteiger partial charge is 0.481 e. The first kappa shape index (κ1) is 22.1. The minimum Gasteiger partial charge on any atom is -0.481 e. The molecule has 1 aliphatic rings. The number of carboxylic acid groups (broad SMARTS) is 1. The van der Waals surface area contributed by atoms with E-state index >= 15 is 0 Å². The number of carboxylic acids is 1. The quantitative estimate of drug-likeness (QED) is 0.603. The van der Waals surface area contributed by atoms with Crippen LogP contribution in [0, 0.1) is 5.41 Å². The molecule has 2 aromatic rings. The summed E-state index contributed by atoms with van der Waals surface area (Å²) in [5.41, 5.74) is 1.68. The van der Waals surface area contributed by atoms with Crippen molar-refractivity contribution >= 4 is 39.2 Å². The molecule has 1 fully saturated rings. The average molecular weight is 456 g/mol. The molecule has 0 bridgehead atoms. The van der Waals surface area contributed by atoms with Gasteiger partial charge in [-0.1, -0.05) is 60.3 Å². The van der Waals surface area contributed by atoms with E-state index < -0.39 is 16.0 Å². The number of hydrogen-bond donors (Lipinski definition) is 2. The van der Waals surface area contributed by atoms with E-state index in [4.69, 9.17) is 28.3 Å². The van der Waals surface area contributed by atoms with Crippen molar-refractivity contribution in [3.63, 3.8) is 0 Å². The number of sulfonamides is 1. The Morgan fingerprint density at radius 3 is 2.21 bits per heavy atom. The third-order valence-corrected chi connectivity index (χ3v) is 7.60. The lowest BCUT2D eigenvalue weighted by atomic mass is 9.80. The molecule has 2 aromatic carbocycles. The van der Waals surface area contributed by atoms with Crippen LogP contribution in [0.25, 0.3) is 0 Å². The van der Waals surface area contributed by atoms with E-state index in [1.54, 1.807) is 0 Å². The van der Waals surface area contributed by atoms with Crippen molar-refractivity contribution in [3.8, 4) is 0 Å². The third kappa shape index (κ3) is 5.72. The van der Waals surface area contributed by atoms with E-state index in [2.05, 4.69) is 4.72 Å². The van der Waals surface area contributed by atoms with E-state index in [1.807, 2.05) is 24.3 Å². The molecule has 29 heavy (non-hydrogen) atoms. The summed E-state index contributed by atoms with van der Waals surface area (Å²) < 4.78 is 28.2. The Bertz CT molecular complexity index is 984. The highest BCUT2D eigenvalue weighted by molar-refractivity contribution is 7.89. The van der Waals surface area contributed by atoms with E-state index in [0.717, 1.165) is 43.2 Å². The third-order valence-electron chi connectivity index (χ3n) is 5.46. The molecule has 2 N–H and O–H groups in total. The zero-order valence-electron chi connectivity index (χ0n) is 15.8. The zero-order valence-corrected chi connectivity index (χ0v) is 18.2. The second-order valence-electron chi connectivity index (χ2n) is 7.67. The minimum atomic E-state index is -3.70. The summed E-state index contributed by atoms with van der Waals surface area (Å²) in [4.78, 5) is 10.9. The normalized spacial score (nSPS) is 16.1. The van der Waals surface area contributed by atoms with Crippen molar-refractivity contribution in [1.29, 1.82) is 0 Å². The van der Waals surface area contributed by atoms with Crippen LogP contribution in [0.2, 0.25) is 10.0 Å². The number of benzene rings is 2. The fraction of sp³-hybridized carbons (Fsp3) is 0.381. The Kier molecular flexibility index (Phi) is 6.89. The number of hydrogen-bond acceptors (Lipinski definition) is 3. The van der Waals surface area contributed by atoms with Gasteiger partial charge >= 0.3 is 5.97 Å². The predicted octanol–water partition coefficient (Wildman–Crippen LogP) is 4.70. The Labute approximate surface area is 181 Å². The highest BCUT2D eigenvalue weighted by Gasteiger charge is 2.35. The van der Waals surface area contributed by atoms with Gasteiger partial charge in [0.25, 0.3) is 0 Å². The lowest BCUT2D eigenvalue weighted by molar-refractivity contribution is -0.136. The molecule has 0 unspecified atom stereocenters. The maximum absolute atomic E-state index is 12.7. The molecule has 0 atom stereocenters. The van der Waals surface area contributed by atoms with Gasteiger partial charge in [0.15, 0.2) is 0 Å². The van der Waals surface area contributed by atoms with Crippen LogP contribution in [-0.4, -0.2) is 26.0 Å². The second kappa shape index (κ2) is 9.04. The molecule has 0 aromatic heterocycles. The summed E-state index contributed by atoms with van der Waals surface area (Å²) in [5.74, 6) is -0.860. The fourth-order valence-electron chi connectivity index (χ4n) is 3.90. The summed E-state index contributed by atoms with van der Waals surface area (Å²) >= 11 is 11.8. The topological polar surface area (TPSA) is 83.5 Å². The van der Waals surface area contributed by atoms with Crippen molar-refractivity contribution < 1.29 is 18.3 Å². The SMILES string of the molecule is O=C(O)Cc1ccc(CC2(CNS(=O)(=O)c3ccc(Cl)c(Cl)c3)CCCC2)cc1. The van der Waals surface area contributed by atoms with Gasteiger partial charge in [0.1, 0.15) is 0 Å². The van der Waals surface area contributed by atoms with E-state index in [0.29, 0.717) is 11.6 Å². The van der Waals surface area contributed by atoms with Crippen LogP contribution < -0.4 is 4.72 Å². The average Bonchev–Trinajstić information content (AvgIpc) is 3.12. The number of nitrogens with one attached hydrogen (secondary N) is 1. The van der Waals surface area contributed by atoms with Crippen LogP contribution >= 0.6 is 23.2 Å². The lowest BCUT2D eigenvalue weighted by Gasteiger charge is -2.29. The molecule has 1 saturated carbocycles. The molecule has 0 radical (unpaired) electrons. The van der Waals surface area contributed by atoms with Crippen molar-refractivity contribution in [2.75, 3.05) is 6.54 Å². The number of aliphatic carboxylic acids is 1. The minimum absolute atomic E-state index is 0.00509. The second-order valence-corrected chi connectivity index (χ2v) is 10.3. The summed E-state index contributed by atoms with van der Waals surface area (Å²) in [5, 5.41) is 9.41. The Balaban J connectivity index is 1.72. The first-order chi connectivity index (χ1) is 13.7. The van der Waals surface area contributed by atoms with Crippen LogP contribution in [0.5, 0.6) is 0 Å². The van der Waals surface area contributed by atoms with Crippen LogP contribution in [0.4, 0.5) is 0 Å². The van der Waals surface area contributed by atoms with Gasteiger partial charge in [-0.15, -0.1) is 0 Å². The molecule has 0 saturated heterocycles. The Morgan fingerprint density at radius 1 is 1.00 bits per heavy atom. The number of rotatable bonds is 8. The summed E-state index contributed by atoms with van der Waals surface area (Å²) in [7, 11) is -3.70. The van der Waals surface area contributed by atoms with Crippen molar-refractivity contribution in [1.82, 2.24) is 4.72 Å². The van der Waals surface area contributed by atoms with E-state index in [9.17, 15) is 13.2 Å². The van der Waals surface area contributed by atoms with E-state index in [1.165, 1.54) is 18.2 Å². The van der Waals surface area contributed by atoms with Crippen molar-refractivity contribution in [2.24, 2.45) is 5.41 Å². The Morgan fingerprint density at radius 2 is 1.62 bits per heavy atom. The summed E-state index contributed by atoms with van der Waals surface area (Å²) in [6, 6.07) is 11.8. The van der Waals surface area contributed by atoms with Crippen molar-refractivity contribution in [3.05, 3.63) is 63.6 Å². The molecule has 0 aliphatic heterocycles. The predicted molar refractivity (Wildman–Crippen MR) is 114 cm³/mol. The van der Waals surface area contributed by atoms with Gasteiger partial charge in [0.05, 0.1) is 21.4 Å². The van der Waals surface area contributed by atoms with Crippen LogP contribution in [0.1, 0.15) is 36.8 Å². The number of carbonyl (C=O) groups is 1. The molecule has 156 valence electrons. The first-order valence-corrected chi connectivity index (χ1v) is 11.7. The maximum Gasteiger partial charge on any atom is 0.307 e.